The van der Waals surface area contributed by atoms with E-state index in [2.05, 4.69) is 0 Å². The van der Waals surface area contributed by atoms with Crippen LogP contribution in [0.4, 0.5) is 0 Å². The number of hydrogen-bond acceptors (Lipinski definition) is 6. The summed E-state index contributed by atoms with van der Waals surface area (Å²) in [7, 11) is 1.31. The van der Waals surface area contributed by atoms with Crippen LogP contribution in [0.25, 0.3) is 6.08 Å². The van der Waals surface area contributed by atoms with Crippen molar-refractivity contribution in [2.75, 3.05) is 19.7 Å². The maximum absolute atomic E-state index is 11.7. The van der Waals surface area contributed by atoms with Gasteiger partial charge in [-0.25, -0.2) is 4.79 Å². The van der Waals surface area contributed by atoms with Crippen LogP contribution in [0, 0.1) is 5.41 Å². The number of fused-ring (bicyclic) bond motifs is 1. The standard InChI is InChI=1S/C13H14N2O4S/c1-17-12(16)9(6-20-13(14)15)4-8-2-3-10-11(5-8)19-7-18-10/h2-5H,6-7H2,1H3,(H3,14,15)/b9-4+. The maximum atomic E-state index is 11.7. The summed E-state index contributed by atoms with van der Waals surface area (Å²) in [6, 6.07) is 5.37. The molecule has 2 rings (SSSR count). The molecule has 6 nitrogen and oxygen atoms in total. The number of rotatable bonds is 4. The summed E-state index contributed by atoms with van der Waals surface area (Å²) in [4.78, 5) is 11.7. The van der Waals surface area contributed by atoms with Crippen LogP contribution in [0.5, 0.6) is 11.5 Å². The normalized spacial score (nSPS) is 13.2. The second-order valence-corrected chi connectivity index (χ2v) is 4.94. The van der Waals surface area contributed by atoms with Gasteiger partial charge in [-0.3, -0.25) is 5.41 Å². The van der Waals surface area contributed by atoms with Gasteiger partial charge in [-0.2, -0.15) is 0 Å². The topological polar surface area (TPSA) is 94.6 Å². The Morgan fingerprint density at radius 3 is 2.95 bits per heavy atom. The Labute approximate surface area is 120 Å². The van der Waals surface area contributed by atoms with Gasteiger partial charge in [-0.1, -0.05) is 17.8 Å². The van der Waals surface area contributed by atoms with Gasteiger partial charge in [-0.05, 0) is 23.8 Å². The van der Waals surface area contributed by atoms with Gasteiger partial charge in [0.05, 0.1) is 7.11 Å². The fourth-order valence-electron chi connectivity index (χ4n) is 1.65. The van der Waals surface area contributed by atoms with Crippen molar-refractivity contribution >= 4 is 29.0 Å². The fourth-order valence-corrected chi connectivity index (χ4v) is 2.16. The molecule has 0 spiro atoms. The summed E-state index contributed by atoms with van der Waals surface area (Å²) in [5.41, 5.74) is 6.49. The Hall–Kier alpha value is -2.15. The monoisotopic (exact) mass is 294 g/mol. The third-order valence-corrected chi connectivity index (χ3v) is 3.33. The molecule has 0 amide bonds. The number of benzene rings is 1. The van der Waals surface area contributed by atoms with E-state index in [1.807, 2.05) is 6.07 Å². The van der Waals surface area contributed by atoms with E-state index in [4.69, 9.17) is 25.4 Å². The van der Waals surface area contributed by atoms with Crippen LogP contribution in [0.15, 0.2) is 23.8 Å². The van der Waals surface area contributed by atoms with Crippen molar-refractivity contribution in [3.63, 3.8) is 0 Å². The highest BCUT2D eigenvalue weighted by Crippen LogP contribution is 2.33. The van der Waals surface area contributed by atoms with E-state index in [0.717, 1.165) is 17.3 Å². The molecule has 1 aromatic rings. The van der Waals surface area contributed by atoms with Gasteiger partial charge in [-0.15, -0.1) is 0 Å². The first kappa shape index (κ1) is 14.3. The SMILES string of the molecule is COC(=O)/C(=C/c1ccc2c(c1)OCO2)CSC(=N)N. The number of hydrogen-bond donors (Lipinski definition) is 2. The minimum Gasteiger partial charge on any atom is -0.466 e. The Kier molecular flexibility index (Phi) is 4.52. The number of ether oxygens (including phenoxy) is 3. The zero-order valence-electron chi connectivity index (χ0n) is 10.8. The molecule has 1 aliphatic rings. The van der Waals surface area contributed by atoms with Gasteiger partial charge in [0.25, 0.3) is 0 Å². The van der Waals surface area contributed by atoms with Crippen LogP contribution in [-0.4, -0.2) is 30.8 Å². The lowest BCUT2D eigenvalue weighted by atomic mass is 10.1. The van der Waals surface area contributed by atoms with Crippen LogP contribution in [0.1, 0.15) is 5.56 Å². The predicted molar refractivity (Wildman–Crippen MR) is 76.9 cm³/mol. The zero-order chi connectivity index (χ0) is 14.5. The van der Waals surface area contributed by atoms with E-state index >= 15 is 0 Å². The van der Waals surface area contributed by atoms with Crippen molar-refractivity contribution in [3.8, 4) is 11.5 Å². The third-order valence-electron chi connectivity index (χ3n) is 2.57. The molecule has 0 fully saturated rings. The van der Waals surface area contributed by atoms with Crippen LogP contribution in [0.3, 0.4) is 0 Å². The second kappa shape index (κ2) is 6.33. The molecule has 7 heteroatoms. The van der Waals surface area contributed by atoms with E-state index < -0.39 is 5.97 Å². The van der Waals surface area contributed by atoms with Crippen LogP contribution < -0.4 is 15.2 Å². The summed E-state index contributed by atoms with van der Waals surface area (Å²) in [5.74, 6) is 1.15. The first-order chi connectivity index (χ1) is 9.60. The Morgan fingerprint density at radius 1 is 1.50 bits per heavy atom. The lowest BCUT2D eigenvalue weighted by Gasteiger charge is -2.05. The van der Waals surface area contributed by atoms with E-state index in [1.165, 1.54) is 7.11 Å². The first-order valence-electron chi connectivity index (χ1n) is 5.75. The van der Waals surface area contributed by atoms with Crippen molar-refractivity contribution in [1.82, 2.24) is 0 Å². The van der Waals surface area contributed by atoms with E-state index in [-0.39, 0.29) is 17.7 Å². The molecule has 0 atom stereocenters. The van der Waals surface area contributed by atoms with E-state index in [0.29, 0.717) is 17.1 Å². The quantitative estimate of drug-likeness (QED) is 0.379. The highest BCUT2D eigenvalue weighted by atomic mass is 32.2. The van der Waals surface area contributed by atoms with Crippen LogP contribution >= 0.6 is 11.8 Å². The minimum atomic E-state index is -0.448. The molecule has 0 unspecified atom stereocenters. The molecule has 1 aromatic carbocycles. The van der Waals surface area contributed by atoms with Gasteiger partial charge >= 0.3 is 5.97 Å². The molecule has 3 N–H and O–H groups in total. The van der Waals surface area contributed by atoms with Crippen LogP contribution in [0.2, 0.25) is 0 Å². The van der Waals surface area contributed by atoms with Crippen molar-refractivity contribution in [2.45, 2.75) is 0 Å². The fraction of sp³-hybridized carbons (Fsp3) is 0.231. The smallest absolute Gasteiger partial charge is 0.334 e. The average Bonchev–Trinajstić information content (AvgIpc) is 2.89. The van der Waals surface area contributed by atoms with Crippen LogP contribution in [-0.2, 0) is 9.53 Å². The van der Waals surface area contributed by atoms with Gasteiger partial charge in [0.2, 0.25) is 6.79 Å². The Bertz CT molecular complexity index is 571. The molecule has 0 aliphatic carbocycles. The molecule has 0 radical (unpaired) electrons. The molecular weight excluding hydrogens is 280 g/mol. The van der Waals surface area contributed by atoms with Crippen molar-refractivity contribution in [1.29, 1.82) is 5.41 Å². The predicted octanol–water partition coefficient (Wildman–Crippen LogP) is 1.60. The number of carbonyl (C=O) groups excluding carboxylic acids is 1. The number of thioether (sulfide) groups is 1. The van der Waals surface area contributed by atoms with Gasteiger partial charge < -0.3 is 19.9 Å². The number of amidine groups is 1. The molecule has 106 valence electrons. The van der Waals surface area contributed by atoms with Gasteiger partial charge in [0.1, 0.15) is 0 Å². The Balaban J connectivity index is 2.22. The maximum Gasteiger partial charge on any atom is 0.334 e. The van der Waals surface area contributed by atoms with Gasteiger partial charge in [0.15, 0.2) is 16.7 Å². The summed E-state index contributed by atoms with van der Waals surface area (Å²) >= 11 is 1.06. The summed E-state index contributed by atoms with van der Waals surface area (Å²) in [6.45, 7) is 0.201. The zero-order valence-corrected chi connectivity index (χ0v) is 11.7. The molecule has 1 heterocycles. The van der Waals surface area contributed by atoms with Crippen molar-refractivity contribution < 1.29 is 19.0 Å². The number of esters is 1. The molecule has 0 saturated carbocycles. The average molecular weight is 294 g/mol. The molecule has 0 saturated heterocycles. The first-order valence-corrected chi connectivity index (χ1v) is 6.74. The summed E-state index contributed by atoms with van der Waals surface area (Å²) in [6.07, 6.45) is 1.68. The highest BCUT2D eigenvalue weighted by Gasteiger charge is 2.15. The summed E-state index contributed by atoms with van der Waals surface area (Å²) < 4.78 is 15.2. The number of carbonyl (C=O) groups is 1. The molecule has 0 bridgehead atoms. The van der Waals surface area contributed by atoms with Crippen molar-refractivity contribution in [3.05, 3.63) is 29.3 Å². The molecule has 1 aliphatic heterocycles. The number of nitrogens with two attached hydrogens (primary N) is 1. The number of nitrogens with one attached hydrogen (secondary N) is 1. The van der Waals surface area contributed by atoms with Crippen molar-refractivity contribution in [2.24, 2.45) is 5.73 Å². The third kappa shape index (κ3) is 3.45. The number of methoxy groups -OCH3 is 1. The molecule has 0 aromatic heterocycles. The Morgan fingerprint density at radius 2 is 2.25 bits per heavy atom. The lowest BCUT2D eigenvalue weighted by molar-refractivity contribution is -0.135. The highest BCUT2D eigenvalue weighted by molar-refractivity contribution is 8.13. The molecule has 20 heavy (non-hydrogen) atoms. The lowest BCUT2D eigenvalue weighted by Crippen LogP contribution is -2.11. The van der Waals surface area contributed by atoms with E-state index in [1.54, 1.807) is 18.2 Å². The molecular formula is C13H14N2O4S. The minimum absolute atomic E-state index is 0.0505. The largest absolute Gasteiger partial charge is 0.466 e. The van der Waals surface area contributed by atoms with E-state index in [9.17, 15) is 4.79 Å². The second-order valence-electron chi connectivity index (χ2n) is 3.93. The summed E-state index contributed by atoms with van der Waals surface area (Å²) in [5, 5.41) is 7.14. The van der Waals surface area contributed by atoms with Gasteiger partial charge in [0, 0.05) is 11.3 Å².